The number of amidine groups is 1. The van der Waals surface area contributed by atoms with Gasteiger partial charge in [0.1, 0.15) is 12.4 Å². The van der Waals surface area contributed by atoms with E-state index in [0.29, 0.717) is 26.7 Å². The fourth-order valence-corrected chi connectivity index (χ4v) is 3.14. The predicted molar refractivity (Wildman–Crippen MR) is 103 cm³/mol. The average molecular weight is 394 g/mol. The van der Waals surface area contributed by atoms with Gasteiger partial charge in [0.05, 0.1) is 12.0 Å². The smallest absolute Gasteiger partial charge is 0.236 e. The molecule has 0 unspecified atom stereocenters. The minimum absolute atomic E-state index is 0.0564. The van der Waals surface area contributed by atoms with Gasteiger partial charge in [0, 0.05) is 15.6 Å². The first-order valence-corrected chi connectivity index (χ1v) is 9.05. The van der Waals surface area contributed by atoms with E-state index < -0.39 is 0 Å². The summed E-state index contributed by atoms with van der Waals surface area (Å²) in [5.74, 6) is 1.02. The number of carbonyl (C=O) groups is 1. The van der Waals surface area contributed by atoms with Crippen molar-refractivity contribution in [3.63, 3.8) is 0 Å². The summed E-state index contributed by atoms with van der Waals surface area (Å²) in [6.07, 6.45) is 1.60. The molecule has 0 aliphatic carbocycles. The standard InChI is InChI=1S/C17H13Cl2N3O2S/c18-14-2-1-3-15(19)13(14)9-24-12-6-4-11(5-7-12)8-20-22-17-21-16(23)10-25-17/h1-8H,9-10H2,(H,21,22,23)/b20-8+. The van der Waals surface area contributed by atoms with Crippen molar-refractivity contribution in [1.29, 1.82) is 0 Å². The van der Waals surface area contributed by atoms with Gasteiger partial charge in [-0.3, -0.25) is 4.79 Å². The number of benzene rings is 2. The topological polar surface area (TPSA) is 63.0 Å². The van der Waals surface area contributed by atoms with E-state index in [0.717, 1.165) is 11.1 Å². The summed E-state index contributed by atoms with van der Waals surface area (Å²) in [6, 6.07) is 12.7. The van der Waals surface area contributed by atoms with Gasteiger partial charge in [0.25, 0.3) is 0 Å². The van der Waals surface area contributed by atoms with E-state index in [4.69, 9.17) is 27.9 Å². The SMILES string of the molecule is O=C1CS/C(=N\N=C\c2ccc(OCc3c(Cl)cccc3Cl)cc2)N1. The zero-order valence-electron chi connectivity index (χ0n) is 12.9. The van der Waals surface area contributed by atoms with Crippen LogP contribution < -0.4 is 10.1 Å². The Bertz CT molecular complexity index is 818. The van der Waals surface area contributed by atoms with Gasteiger partial charge in [-0.1, -0.05) is 41.0 Å². The van der Waals surface area contributed by atoms with Crippen LogP contribution in [0.15, 0.2) is 52.7 Å². The number of nitrogens with one attached hydrogen (secondary N) is 1. The van der Waals surface area contributed by atoms with Crippen LogP contribution in [0.4, 0.5) is 0 Å². The average Bonchev–Trinajstić information content (AvgIpc) is 3.01. The van der Waals surface area contributed by atoms with Crippen molar-refractivity contribution in [2.45, 2.75) is 6.61 Å². The van der Waals surface area contributed by atoms with Gasteiger partial charge in [0.2, 0.25) is 5.91 Å². The molecule has 1 N–H and O–H groups in total. The van der Waals surface area contributed by atoms with E-state index in [1.54, 1.807) is 24.4 Å². The fourth-order valence-electron chi connectivity index (χ4n) is 2.00. The van der Waals surface area contributed by atoms with E-state index in [9.17, 15) is 4.79 Å². The number of hydrogen-bond donors (Lipinski definition) is 1. The number of nitrogens with zero attached hydrogens (tertiary/aromatic N) is 2. The molecule has 1 fully saturated rings. The van der Waals surface area contributed by atoms with Crippen LogP contribution in [0, 0.1) is 0 Å². The van der Waals surface area contributed by atoms with Gasteiger partial charge in [-0.05, 0) is 42.0 Å². The summed E-state index contributed by atoms with van der Waals surface area (Å²) in [5.41, 5.74) is 1.62. The second-order valence-corrected chi connectivity index (χ2v) is 6.82. The first-order valence-electron chi connectivity index (χ1n) is 7.31. The lowest BCUT2D eigenvalue weighted by Crippen LogP contribution is -2.19. The van der Waals surface area contributed by atoms with Crippen LogP contribution in [0.2, 0.25) is 10.0 Å². The molecule has 2 aromatic carbocycles. The first-order chi connectivity index (χ1) is 12.1. The molecule has 0 radical (unpaired) electrons. The molecule has 128 valence electrons. The molecule has 1 aliphatic heterocycles. The van der Waals surface area contributed by atoms with Gasteiger partial charge in [-0.2, -0.15) is 5.10 Å². The van der Waals surface area contributed by atoms with Crippen LogP contribution in [0.3, 0.4) is 0 Å². The molecule has 1 amide bonds. The number of ether oxygens (including phenoxy) is 1. The van der Waals surface area contributed by atoms with Crippen molar-refractivity contribution in [2.75, 3.05) is 5.75 Å². The minimum atomic E-state index is -0.0564. The van der Waals surface area contributed by atoms with E-state index in [1.165, 1.54) is 11.8 Å². The summed E-state index contributed by atoms with van der Waals surface area (Å²) in [6.45, 7) is 0.288. The molecule has 1 aliphatic rings. The fraction of sp³-hybridized carbons (Fsp3) is 0.118. The van der Waals surface area contributed by atoms with Crippen LogP contribution in [0.1, 0.15) is 11.1 Å². The van der Waals surface area contributed by atoms with E-state index >= 15 is 0 Å². The molecular weight excluding hydrogens is 381 g/mol. The van der Waals surface area contributed by atoms with Crippen molar-refractivity contribution in [3.8, 4) is 5.75 Å². The lowest BCUT2D eigenvalue weighted by atomic mass is 10.2. The Kier molecular flexibility index (Phi) is 5.96. The van der Waals surface area contributed by atoms with E-state index in [-0.39, 0.29) is 12.5 Å². The molecule has 0 aromatic heterocycles. The molecule has 5 nitrogen and oxygen atoms in total. The highest BCUT2D eigenvalue weighted by Gasteiger charge is 2.15. The third-order valence-corrected chi connectivity index (χ3v) is 4.84. The highest BCUT2D eigenvalue weighted by Crippen LogP contribution is 2.25. The zero-order valence-corrected chi connectivity index (χ0v) is 15.2. The van der Waals surface area contributed by atoms with Crippen molar-refractivity contribution in [1.82, 2.24) is 5.32 Å². The maximum atomic E-state index is 11.0. The maximum Gasteiger partial charge on any atom is 0.236 e. The highest BCUT2D eigenvalue weighted by atomic mass is 35.5. The van der Waals surface area contributed by atoms with Crippen molar-refractivity contribution < 1.29 is 9.53 Å². The van der Waals surface area contributed by atoms with Crippen LogP contribution >= 0.6 is 35.0 Å². The van der Waals surface area contributed by atoms with Crippen LogP contribution in [-0.4, -0.2) is 23.0 Å². The predicted octanol–water partition coefficient (Wildman–Crippen LogP) is 4.13. The molecule has 2 aromatic rings. The van der Waals surface area contributed by atoms with Crippen LogP contribution in [0.5, 0.6) is 5.75 Å². The number of halogens is 2. The van der Waals surface area contributed by atoms with Crippen molar-refractivity contribution in [2.24, 2.45) is 10.2 Å². The minimum Gasteiger partial charge on any atom is -0.489 e. The summed E-state index contributed by atoms with van der Waals surface area (Å²) < 4.78 is 5.71. The molecule has 25 heavy (non-hydrogen) atoms. The van der Waals surface area contributed by atoms with Gasteiger partial charge in [-0.25, -0.2) is 0 Å². The third kappa shape index (κ3) is 4.98. The number of amides is 1. The Hall–Kier alpha value is -2.02. The zero-order chi connectivity index (χ0) is 17.6. The van der Waals surface area contributed by atoms with Gasteiger partial charge < -0.3 is 10.1 Å². The summed E-state index contributed by atoms with van der Waals surface area (Å²) >= 11 is 13.6. The summed E-state index contributed by atoms with van der Waals surface area (Å²) in [7, 11) is 0. The Labute approximate surface area is 159 Å². The highest BCUT2D eigenvalue weighted by molar-refractivity contribution is 8.15. The summed E-state index contributed by atoms with van der Waals surface area (Å²) in [4.78, 5) is 11.0. The molecule has 0 atom stereocenters. The quantitative estimate of drug-likeness (QED) is 0.613. The van der Waals surface area contributed by atoms with Gasteiger partial charge in [-0.15, -0.1) is 5.10 Å². The van der Waals surface area contributed by atoms with E-state index in [2.05, 4.69) is 15.5 Å². The molecule has 0 bridgehead atoms. The summed E-state index contributed by atoms with van der Waals surface area (Å²) in [5, 5.41) is 12.2. The number of hydrogen-bond acceptors (Lipinski definition) is 5. The Balaban J connectivity index is 1.58. The second kappa shape index (κ2) is 8.38. The number of carbonyl (C=O) groups excluding carboxylic acids is 1. The largest absolute Gasteiger partial charge is 0.489 e. The number of rotatable bonds is 5. The third-order valence-electron chi connectivity index (χ3n) is 3.27. The Morgan fingerprint density at radius 3 is 2.52 bits per heavy atom. The Morgan fingerprint density at radius 1 is 1.16 bits per heavy atom. The molecule has 1 saturated heterocycles. The van der Waals surface area contributed by atoms with Crippen LogP contribution in [0.25, 0.3) is 0 Å². The monoisotopic (exact) mass is 393 g/mol. The van der Waals surface area contributed by atoms with Gasteiger partial charge in [0.15, 0.2) is 5.17 Å². The maximum absolute atomic E-state index is 11.0. The molecule has 1 heterocycles. The first kappa shape index (κ1) is 17.8. The lowest BCUT2D eigenvalue weighted by Gasteiger charge is -2.09. The van der Waals surface area contributed by atoms with Crippen LogP contribution in [-0.2, 0) is 11.4 Å². The molecular formula is C17H13Cl2N3O2S. The molecule has 3 rings (SSSR count). The molecule has 8 heteroatoms. The number of thioether (sulfide) groups is 1. The lowest BCUT2D eigenvalue weighted by molar-refractivity contribution is -0.116. The van der Waals surface area contributed by atoms with E-state index in [1.807, 2.05) is 24.3 Å². The van der Waals surface area contributed by atoms with Crippen molar-refractivity contribution >= 4 is 52.3 Å². The van der Waals surface area contributed by atoms with Gasteiger partial charge >= 0.3 is 0 Å². The normalized spacial score (nSPS) is 15.8. The molecule has 0 saturated carbocycles. The molecule has 0 spiro atoms. The van der Waals surface area contributed by atoms with Crippen molar-refractivity contribution in [3.05, 3.63) is 63.6 Å². The second-order valence-electron chi connectivity index (χ2n) is 5.04. The Morgan fingerprint density at radius 2 is 1.88 bits per heavy atom.